The second kappa shape index (κ2) is 6.82. The maximum Gasteiger partial charge on any atom is 0.133 e. The molecule has 84 valence electrons. The summed E-state index contributed by atoms with van der Waals surface area (Å²) in [6.07, 6.45) is 0.657. The fraction of sp³-hybridized carbons (Fsp3) is 0.455. The van der Waals surface area contributed by atoms with E-state index in [0.29, 0.717) is 13.0 Å². The topological polar surface area (TPSA) is 41.5 Å². The molecule has 0 unspecified atom stereocenters. The van der Waals surface area contributed by atoms with Gasteiger partial charge in [-0.2, -0.15) is 0 Å². The molecule has 1 aromatic rings. The number of rotatable bonds is 6. The summed E-state index contributed by atoms with van der Waals surface area (Å²) < 4.78 is 6.44. The van der Waals surface area contributed by atoms with Gasteiger partial charge in [0.15, 0.2) is 0 Å². The Morgan fingerprint density at radius 2 is 2.27 bits per heavy atom. The molecule has 0 aromatic heterocycles. The highest BCUT2D eigenvalue weighted by atomic mass is 79.9. The second-order valence-electron chi connectivity index (χ2n) is 3.22. The Hall–Kier alpha value is -0.580. The largest absolute Gasteiger partial charge is 0.492 e. The molecule has 0 radical (unpaired) electrons. The molecule has 0 amide bonds. The number of aliphatic hydroxyl groups is 1. The lowest BCUT2D eigenvalue weighted by atomic mass is 10.2. The van der Waals surface area contributed by atoms with Gasteiger partial charge in [-0.3, -0.25) is 0 Å². The van der Waals surface area contributed by atoms with Crippen LogP contribution in [-0.2, 0) is 6.54 Å². The quantitative estimate of drug-likeness (QED) is 0.779. The van der Waals surface area contributed by atoms with Crippen LogP contribution in [0.15, 0.2) is 22.7 Å². The Balaban J connectivity index is 2.58. The van der Waals surface area contributed by atoms with Crippen LogP contribution in [0.5, 0.6) is 5.75 Å². The average molecular weight is 274 g/mol. The number of hydrogen-bond acceptors (Lipinski definition) is 3. The summed E-state index contributed by atoms with van der Waals surface area (Å²) in [5, 5.41) is 11.7. The van der Waals surface area contributed by atoms with E-state index in [-0.39, 0.29) is 6.61 Å². The Labute approximate surface area is 98.6 Å². The number of nitrogens with one attached hydrogen (secondary N) is 1. The van der Waals surface area contributed by atoms with E-state index in [1.54, 1.807) is 0 Å². The molecule has 3 nitrogen and oxygen atoms in total. The molecule has 0 aliphatic heterocycles. The van der Waals surface area contributed by atoms with Crippen molar-refractivity contribution in [2.75, 3.05) is 20.3 Å². The minimum atomic E-state index is 0.162. The molecule has 1 rings (SSSR count). The summed E-state index contributed by atoms with van der Waals surface area (Å²) in [7, 11) is 1.92. The van der Waals surface area contributed by atoms with Crippen LogP contribution in [0.1, 0.15) is 12.0 Å². The lowest BCUT2D eigenvalue weighted by Gasteiger charge is -2.09. The van der Waals surface area contributed by atoms with Crippen LogP contribution in [-0.4, -0.2) is 25.4 Å². The van der Waals surface area contributed by atoms with Crippen molar-refractivity contribution >= 4 is 15.9 Å². The molecule has 0 spiro atoms. The third-order valence-electron chi connectivity index (χ3n) is 1.94. The van der Waals surface area contributed by atoms with Crippen LogP contribution in [0.3, 0.4) is 0 Å². The van der Waals surface area contributed by atoms with E-state index in [1.807, 2.05) is 25.2 Å². The molecule has 0 atom stereocenters. The number of halogens is 1. The first kappa shape index (κ1) is 12.5. The van der Waals surface area contributed by atoms with E-state index in [2.05, 4.69) is 21.2 Å². The van der Waals surface area contributed by atoms with Gasteiger partial charge in [0, 0.05) is 19.6 Å². The Kier molecular flexibility index (Phi) is 5.68. The van der Waals surface area contributed by atoms with Gasteiger partial charge >= 0.3 is 0 Å². The van der Waals surface area contributed by atoms with Gasteiger partial charge in [-0.05, 0) is 40.7 Å². The molecule has 0 bridgehead atoms. The Morgan fingerprint density at radius 1 is 1.47 bits per heavy atom. The van der Waals surface area contributed by atoms with Crippen LogP contribution in [0.4, 0.5) is 0 Å². The van der Waals surface area contributed by atoms with Gasteiger partial charge in [-0.15, -0.1) is 0 Å². The molecule has 4 heteroatoms. The maximum atomic E-state index is 8.63. The third kappa shape index (κ3) is 4.20. The van der Waals surface area contributed by atoms with E-state index in [9.17, 15) is 0 Å². The first-order valence-electron chi connectivity index (χ1n) is 4.94. The molecule has 15 heavy (non-hydrogen) atoms. The molecule has 1 aromatic carbocycles. The van der Waals surface area contributed by atoms with Crippen molar-refractivity contribution < 1.29 is 9.84 Å². The molecule has 0 aliphatic rings. The van der Waals surface area contributed by atoms with Crippen molar-refractivity contribution in [1.82, 2.24) is 5.32 Å². The minimum absolute atomic E-state index is 0.162. The van der Waals surface area contributed by atoms with E-state index in [0.717, 1.165) is 16.8 Å². The lowest BCUT2D eigenvalue weighted by Crippen LogP contribution is -2.05. The van der Waals surface area contributed by atoms with Crippen LogP contribution < -0.4 is 10.1 Å². The predicted octanol–water partition coefficient (Wildman–Crippen LogP) is 1.93. The molecule has 0 saturated heterocycles. The molecule has 0 heterocycles. The molecular formula is C11H16BrNO2. The summed E-state index contributed by atoms with van der Waals surface area (Å²) >= 11 is 3.45. The zero-order valence-electron chi connectivity index (χ0n) is 8.79. The molecule has 0 fully saturated rings. The lowest BCUT2D eigenvalue weighted by molar-refractivity contribution is 0.233. The van der Waals surface area contributed by atoms with Crippen LogP contribution in [0, 0.1) is 0 Å². The second-order valence-corrected chi connectivity index (χ2v) is 4.08. The van der Waals surface area contributed by atoms with Crippen molar-refractivity contribution in [3.63, 3.8) is 0 Å². The smallest absolute Gasteiger partial charge is 0.133 e. The van der Waals surface area contributed by atoms with Crippen molar-refractivity contribution in [2.24, 2.45) is 0 Å². The van der Waals surface area contributed by atoms with Gasteiger partial charge in [-0.25, -0.2) is 0 Å². The highest BCUT2D eigenvalue weighted by Crippen LogP contribution is 2.26. The van der Waals surface area contributed by atoms with Gasteiger partial charge in [0.25, 0.3) is 0 Å². The maximum absolute atomic E-state index is 8.63. The van der Waals surface area contributed by atoms with Crippen LogP contribution >= 0.6 is 15.9 Å². The number of ether oxygens (including phenoxy) is 1. The standard InChI is InChI=1S/C11H16BrNO2/c1-13-8-9-3-4-11(10(12)7-9)15-6-2-5-14/h3-4,7,13-14H,2,5-6,8H2,1H3. The predicted molar refractivity (Wildman–Crippen MR) is 64.1 cm³/mol. The van der Waals surface area contributed by atoms with Crippen molar-refractivity contribution in [3.05, 3.63) is 28.2 Å². The summed E-state index contributed by atoms with van der Waals surface area (Å²) in [6, 6.07) is 5.99. The van der Waals surface area contributed by atoms with Crippen LogP contribution in [0.25, 0.3) is 0 Å². The van der Waals surface area contributed by atoms with Gasteiger partial charge in [-0.1, -0.05) is 6.07 Å². The molecule has 0 aliphatic carbocycles. The zero-order valence-corrected chi connectivity index (χ0v) is 10.4. The minimum Gasteiger partial charge on any atom is -0.492 e. The molecular weight excluding hydrogens is 258 g/mol. The van der Waals surface area contributed by atoms with Crippen molar-refractivity contribution in [3.8, 4) is 5.75 Å². The van der Waals surface area contributed by atoms with E-state index in [4.69, 9.17) is 9.84 Å². The highest BCUT2D eigenvalue weighted by Gasteiger charge is 2.01. The summed E-state index contributed by atoms with van der Waals surface area (Å²) in [5.74, 6) is 0.823. The zero-order chi connectivity index (χ0) is 11.1. The van der Waals surface area contributed by atoms with Gasteiger partial charge in [0.05, 0.1) is 11.1 Å². The van der Waals surface area contributed by atoms with Crippen LogP contribution in [0.2, 0.25) is 0 Å². The van der Waals surface area contributed by atoms with E-state index in [1.165, 1.54) is 5.56 Å². The normalized spacial score (nSPS) is 10.3. The fourth-order valence-electron chi connectivity index (χ4n) is 1.22. The number of hydrogen-bond donors (Lipinski definition) is 2. The summed E-state index contributed by atoms with van der Waals surface area (Å²) in [6.45, 7) is 1.55. The first-order chi connectivity index (χ1) is 7.27. The third-order valence-corrected chi connectivity index (χ3v) is 2.56. The Bertz CT molecular complexity index is 305. The number of aliphatic hydroxyl groups excluding tert-OH is 1. The fourth-order valence-corrected chi connectivity index (χ4v) is 1.76. The average Bonchev–Trinajstić information content (AvgIpc) is 2.22. The van der Waals surface area contributed by atoms with E-state index < -0.39 is 0 Å². The monoisotopic (exact) mass is 273 g/mol. The van der Waals surface area contributed by atoms with Crippen molar-refractivity contribution in [1.29, 1.82) is 0 Å². The van der Waals surface area contributed by atoms with Crippen molar-refractivity contribution in [2.45, 2.75) is 13.0 Å². The molecule has 0 saturated carbocycles. The highest BCUT2D eigenvalue weighted by molar-refractivity contribution is 9.10. The molecule has 2 N–H and O–H groups in total. The van der Waals surface area contributed by atoms with Gasteiger partial charge < -0.3 is 15.2 Å². The summed E-state index contributed by atoms with van der Waals surface area (Å²) in [4.78, 5) is 0. The van der Waals surface area contributed by atoms with Gasteiger partial charge in [0.2, 0.25) is 0 Å². The van der Waals surface area contributed by atoms with E-state index >= 15 is 0 Å². The first-order valence-corrected chi connectivity index (χ1v) is 5.74. The summed E-state index contributed by atoms with van der Waals surface area (Å²) in [5.41, 5.74) is 1.21. The SMILES string of the molecule is CNCc1ccc(OCCCO)c(Br)c1. The Morgan fingerprint density at radius 3 is 2.87 bits per heavy atom. The number of benzene rings is 1. The van der Waals surface area contributed by atoms with Gasteiger partial charge in [0.1, 0.15) is 5.75 Å².